The first-order chi connectivity index (χ1) is 7.16. The Hall–Kier alpha value is -0.130. The molecule has 2 aliphatic rings. The van der Waals surface area contributed by atoms with Crippen LogP contribution in [0.1, 0.15) is 32.1 Å². The van der Waals surface area contributed by atoms with Gasteiger partial charge in [-0.3, -0.25) is 0 Å². The zero-order valence-corrected chi connectivity index (χ0v) is 9.85. The molecule has 1 aliphatic carbocycles. The Morgan fingerprint density at radius 2 is 2.07 bits per heavy atom. The van der Waals surface area contributed by atoms with E-state index in [-0.39, 0.29) is 6.04 Å². The zero-order valence-electron chi connectivity index (χ0n) is 9.04. The SMILES string of the molecule is O=S(=O)(CCC1CC1)N[C@@H]1CCCNC1. The van der Waals surface area contributed by atoms with Gasteiger partial charge in [0.2, 0.25) is 10.0 Å². The molecule has 1 atom stereocenters. The molecule has 1 saturated heterocycles. The maximum absolute atomic E-state index is 11.7. The summed E-state index contributed by atoms with van der Waals surface area (Å²) < 4.78 is 26.2. The average molecular weight is 232 g/mol. The summed E-state index contributed by atoms with van der Waals surface area (Å²) in [7, 11) is -3.03. The van der Waals surface area contributed by atoms with Gasteiger partial charge in [0.25, 0.3) is 0 Å². The normalized spacial score (nSPS) is 27.9. The van der Waals surface area contributed by atoms with Gasteiger partial charge in [-0.25, -0.2) is 13.1 Å². The molecule has 1 heterocycles. The minimum absolute atomic E-state index is 0.114. The Morgan fingerprint density at radius 3 is 2.67 bits per heavy atom. The van der Waals surface area contributed by atoms with Crippen LogP contribution in [0.3, 0.4) is 0 Å². The van der Waals surface area contributed by atoms with Gasteiger partial charge in [0.1, 0.15) is 0 Å². The number of hydrogen-bond donors (Lipinski definition) is 2. The van der Waals surface area contributed by atoms with Crippen LogP contribution in [0.15, 0.2) is 0 Å². The number of sulfonamides is 1. The van der Waals surface area contributed by atoms with Gasteiger partial charge in [0, 0.05) is 12.6 Å². The Morgan fingerprint density at radius 1 is 1.27 bits per heavy atom. The smallest absolute Gasteiger partial charge is 0.211 e. The highest BCUT2D eigenvalue weighted by Crippen LogP contribution is 2.32. The number of hydrogen-bond acceptors (Lipinski definition) is 3. The molecule has 0 aromatic carbocycles. The fraction of sp³-hybridized carbons (Fsp3) is 1.00. The summed E-state index contributed by atoms with van der Waals surface area (Å²) in [6.45, 7) is 1.79. The quantitative estimate of drug-likeness (QED) is 0.724. The second-order valence-corrected chi connectivity index (χ2v) is 6.59. The van der Waals surface area contributed by atoms with Crippen molar-refractivity contribution in [2.75, 3.05) is 18.8 Å². The first-order valence-electron chi connectivity index (χ1n) is 5.86. The third-order valence-corrected chi connectivity index (χ3v) is 4.60. The summed E-state index contributed by atoms with van der Waals surface area (Å²) in [6.07, 6.45) is 5.32. The van der Waals surface area contributed by atoms with E-state index in [9.17, 15) is 8.42 Å². The molecule has 15 heavy (non-hydrogen) atoms. The van der Waals surface area contributed by atoms with Crippen LogP contribution in [-0.2, 0) is 10.0 Å². The largest absolute Gasteiger partial charge is 0.315 e. The Balaban J connectivity index is 1.74. The van der Waals surface area contributed by atoms with Gasteiger partial charge in [0.05, 0.1) is 5.75 Å². The number of nitrogens with one attached hydrogen (secondary N) is 2. The molecule has 0 amide bonds. The van der Waals surface area contributed by atoms with Crippen LogP contribution in [0, 0.1) is 5.92 Å². The fourth-order valence-corrected chi connectivity index (χ4v) is 3.46. The molecule has 1 saturated carbocycles. The van der Waals surface area contributed by atoms with Crippen molar-refractivity contribution in [3.05, 3.63) is 0 Å². The van der Waals surface area contributed by atoms with E-state index in [0.717, 1.165) is 32.4 Å². The third-order valence-electron chi connectivity index (χ3n) is 3.13. The second kappa shape index (κ2) is 4.80. The standard InChI is InChI=1S/C10H20N2O2S/c13-15(14,7-5-9-3-4-9)12-10-2-1-6-11-8-10/h9-12H,1-8H2/t10-/m1/s1. The van der Waals surface area contributed by atoms with Crippen molar-refractivity contribution in [3.8, 4) is 0 Å². The van der Waals surface area contributed by atoms with E-state index in [0.29, 0.717) is 11.7 Å². The van der Waals surface area contributed by atoms with E-state index in [1.165, 1.54) is 12.8 Å². The lowest BCUT2D eigenvalue weighted by molar-refractivity contribution is 0.428. The van der Waals surface area contributed by atoms with Crippen molar-refractivity contribution in [3.63, 3.8) is 0 Å². The van der Waals surface area contributed by atoms with Crippen molar-refractivity contribution in [2.24, 2.45) is 5.92 Å². The Bertz CT molecular complexity index is 293. The predicted octanol–water partition coefficient (Wildman–Crippen LogP) is 0.458. The topological polar surface area (TPSA) is 58.2 Å². The van der Waals surface area contributed by atoms with Gasteiger partial charge in [-0.05, 0) is 31.7 Å². The molecular formula is C10H20N2O2S. The van der Waals surface area contributed by atoms with Gasteiger partial charge in [0.15, 0.2) is 0 Å². The molecule has 2 rings (SSSR count). The molecule has 0 unspecified atom stereocenters. The van der Waals surface area contributed by atoms with Crippen LogP contribution in [0.5, 0.6) is 0 Å². The molecule has 1 aliphatic heterocycles. The maximum Gasteiger partial charge on any atom is 0.211 e. The van der Waals surface area contributed by atoms with Crippen molar-refractivity contribution in [2.45, 2.75) is 38.1 Å². The van der Waals surface area contributed by atoms with E-state index in [2.05, 4.69) is 10.0 Å². The molecular weight excluding hydrogens is 212 g/mol. The molecule has 2 N–H and O–H groups in total. The Labute approximate surface area is 91.9 Å². The van der Waals surface area contributed by atoms with Crippen LogP contribution >= 0.6 is 0 Å². The first-order valence-corrected chi connectivity index (χ1v) is 7.52. The lowest BCUT2D eigenvalue weighted by Crippen LogP contribution is -2.46. The first kappa shape index (κ1) is 11.4. The van der Waals surface area contributed by atoms with Crippen LogP contribution < -0.4 is 10.0 Å². The molecule has 4 nitrogen and oxygen atoms in total. The highest BCUT2D eigenvalue weighted by molar-refractivity contribution is 7.89. The highest BCUT2D eigenvalue weighted by Gasteiger charge is 2.25. The molecule has 2 fully saturated rings. The summed E-state index contributed by atoms with van der Waals surface area (Å²) >= 11 is 0. The predicted molar refractivity (Wildman–Crippen MR) is 60.2 cm³/mol. The summed E-state index contributed by atoms with van der Waals surface area (Å²) in [5.74, 6) is 1.000. The molecule has 0 bridgehead atoms. The summed E-state index contributed by atoms with van der Waals surface area (Å²) in [5, 5.41) is 3.21. The molecule has 0 aromatic heterocycles. The summed E-state index contributed by atoms with van der Waals surface area (Å²) in [4.78, 5) is 0. The van der Waals surface area contributed by atoms with Gasteiger partial charge < -0.3 is 5.32 Å². The van der Waals surface area contributed by atoms with Gasteiger partial charge >= 0.3 is 0 Å². The van der Waals surface area contributed by atoms with Gasteiger partial charge in [-0.1, -0.05) is 12.8 Å². The van der Waals surface area contributed by atoms with E-state index < -0.39 is 10.0 Å². The molecule has 5 heteroatoms. The van der Waals surface area contributed by atoms with E-state index in [4.69, 9.17) is 0 Å². The van der Waals surface area contributed by atoms with Crippen LogP contribution in [0.2, 0.25) is 0 Å². The fourth-order valence-electron chi connectivity index (χ4n) is 1.99. The Kier molecular flexibility index (Phi) is 3.64. The minimum Gasteiger partial charge on any atom is -0.315 e. The monoisotopic (exact) mass is 232 g/mol. The lowest BCUT2D eigenvalue weighted by Gasteiger charge is -2.23. The van der Waals surface area contributed by atoms with Gasteiger partial charge in [-0.15, -0.1) is 0 Å². The van der Waals surface area contributed by atoms with E-state index in [1.807, 2.05) is 0 Å². The van der Waals surface area contributed by atoms with Crippen LogP contribution in [0.4, 0.5) is 0 Å². The molecule has 88 valence electrons. The van der Waals surface area contributed by atoms with E-state index in [1.54, 1.807) is 0 Å². The van der Waals surface area contributed by atoms with Gasteiger partial charge in [-0.2, -0.15) is 0 Å². The van der Waals surface area contributed by atoms with Crippen molar-refractivity contribution in [1.82, 2.24) is 10.0 Å². The van der Waals surface area contributed by atoms with Crippen LogP contribution in [-0.4, -0.2) is 33.3 Å². The summed E-state index contributed by atoms with van der Waals surface area (Å²) in [6, 6.07) is 0.114. The number of piperidine rings is 1. The maximum atomic E-state index is 11.7. The third kappa shape index (κ3) is 4.09. The average Bonchev–Trinajstić information content (AvgIpc) is 2.99. The second-order valence-electron chi connectivity index (χ2n) is 4.71. The van der Waals surface area contributed by atoms with Crippen molar-refractivity contribution < 1.29 is 8.42 Å². The number of rotatable bonds is 5. The minimum atomic E-state index is -3.03. The summed E-state index contributed by atoms with van der Waals surface area (Å²) in [5.41, 5.74) is 0. The molecule has 0 radical (unpaired) electrons. The van der Waals surface area contributed by atoms with Crippen molar-refractivity contribution >= 4 is 10.0 Å². The van der Waals surface area contributed by atoms with Crippen LogP contribution in [0.25, 0.3) is 0 Å². The highest BCUT2D eigenvalue weighted by atomic mass is 32.2. The zero-order chi connectivity index (χ0) is 10.7. The molecule has 0 aromatic rings. The molecule has 0 spiro atoms. The van der Waals surface area contributed by atoms with E-state index >= 15 is 0 Å². The lowest BCUT2D eigenvalue weighted by atomic mass is 10.1. The van der Waals surface area contributed by atoms with Crippen molar-refractivity contribution in [1.29, 1.82) is 0 Å².